The quantitative estimate of drug-likeness (QED) is 0.649. The van der Waals surface area contributed by atoms with Crippen molar-refractivity contribution < 1.29 is 14.3 Å². The molecule has 76 valence electrons. The summed E-state index contributed by atoms with van der Waals surface area (Å²) in [5.41, 5.74) is 0.883. The van der Waals surface area contributed by atoms with Gasteiger partial charge < -0.3 is 14.3 Å². The Kier molecular flexibility index (Phi) is 2.31. The summed E-state index contributed by atoms with van der Waals surface area (Å²) in [7, 11) is 5.18. The lowest BCUT2D eigenvalue weighted by molar-refractivity contribution is -0.180. The monoisotopic (exact) mass is 202 g/mol. The number of ether oxygens (including phenoxy) is 2. The van der Waals surface area contributed by atoms with E-state index in [-0.39, 0.29) is 0 Å². The normalized spacial score (nSPS) is 17.7. The van der Waals surface area contributed by atoms with E-state index < -0.39 is 11.5 Å². The van der Waals surface area contributed by atoms with E-state index in [1.54, 1.807) is 18.2 Å². The molecule has 15 heavy (non-hydrogen) atoms. The van der Waals surface area contributed by atoms with Crippen molar-refractivity contribution in [2.45, 2.75) is 26.2 Å². The van der Waals surface area contributed by atoms with Crippen LogP contribution in [0.1, 0.15) is 29.8 Å². The zero-order valence-electron chi connectivity index (χ0n) is 8.74. The van der Waals surface area contributed by atoms with Gasteiger partial charge in [-0.05, 0) is 18.2 Å². The lowest BCUT2D eigenvalue weighted by Crippen LogP contribution is -2.35. The van der Waals surface area contributed by atoms with Gasteiger partial charge in [0.25, 0.3) is 0 Å². The van der Waals surface area contributed by atoms with E-state index in [1.165, 1.54) is 0 Å². The number of carbonyl (C=O) groups excluding carboxylic acids is 1. The molecule has 3 nitrogen and oxygen atoms in total. The fraction of sp³-hybridized carbons (Fsp3) is 0.364. The fourth-order valence-corrected chi connectivity index (χ4v) is 1.49. The molecule has 1 heterocycles. The molecule has 1 aromatic carbocycles. The van der Waals surface area contributed by atoms with Crippen LogP contribution >= 0.6 is 0 Å². The average Bonchev–Trinajstić information content (AvgIpc) is 2.15. The second-order valence-corrected chi connectivity index (χ2v) is 3.98. The van der Waals surface area contributed by atoms with Crippen molar-refractivity contribution >= 4 is 13.5 Å². The summed E-state index contributed by atoms with van der Waals surface area (Å²) >= 11 is 0. The number of benzene rings is 1. The molecule has 0 spiro atoms. The molecule has 2 radical (unpaired) electrons. The van der Waals surface area contributed by atoms with Crippen LogP contribution in [0.5, 0.6) is 5.75 Å². The molecule has 1 aliphatic rings. The third-order valence-electron chi connectivity index (χ3n) is 2.28. The first-order valence-electron chi connectivity index (χ1n) is 4.74. The fourth-order valence-electron chi connectivity index (χ4n) is 1.49. The number of hydrogen-bond acceptors (Lipinski definition) is 3. The van der Waals surface area contributed by atoms with E-state index in [1.807, 2.05) is 13.8 Å². The summed E-state index contributed by atoms with van der Waals surface area (Å²) in [5.74, 6) is 0.137. The zero-order valence-corrected chi connectivity index (χ0v) is 8.74. The van der Waals surface area contributed by atoms with Crippen molar-refractivity contribution in [1.82, 2.24) is 0 Å². The minimum Gasteiger partial charge on any atom is -0.463 e. The van der Waals surface area contributed by atoms with Gasteiger partial charge in [-0.1, -0.05) is 0 Å². The van der Waals surface area contributed by atoms with E-state index >= 15 is 0 Å². The van der Waals surface area contributed by atoms with Gasteiger partial charge >= 0.3 is 0 Å². The standard InChI is InChI=1S/C11H11BO3/c1-11(2)14-6-8-5-7(10(12)13)3-4-9(8)15-11/h3-5H,6H2,1-2H3. The van der Waals surface area contributed by atoms with Crippen molar-refractivity contribution in [1.29, 1.82) is 0 Å². The molecule has 0 amide bonds. The van der Waals surface area contributed by atoms with E-state index in [0.717, 1.165) is 11.3 Å². The molecule has 0 N–H and O–H groups in total. The molecule has 0 fully saturated rings. The molecule has 0 saturated carbocycles. The Hall–Kier alpha value is -1.29. The smallest absolute Gasteiger partial charge is 0.205 e. The zero-order chi connectivity index (χ0) is 11.1. The Morgan fingerprint density at radius 1 is 1.47 bits per heavy atom. The molecule has 0 atom stereocenters. The number of rotatable bonds is 1. The van der Waals surface area contributed by atoms with Crippen LogP contribution in [-0.4, -0.2) is 19.3 Å². The number of fused-ring (bicyclic) bond motifs is 1. The summed E-state index contributed by atoms with van der Waals surface area (Å²) in [6, 6.07) is 5.11. The van der Waals surface area contributed by atoms with E-state index in [2.05, 4.69) is 0 Å². The van der Waals surface area contributed by atoms with Crippen LogP contribution in [0.2, 0.25) is 0 Å². The maximum Gasteiger partial charge on any atom is 0.205 e. The highest BCUT2D eigenvalue weighted by atomic mass is 16.7. The maximum absolute atomic E-state index is 11.0. The van der Waals surface area contributed by atoms with Crippen molar-refractivity contribution in [3.63, 3.8) is 0 Å². The second kappa shape index (κ2) is 3.38. The second-order valence-electron chi connectivity index (χ2n) is 3.98. The van der Waals surface area contributed by atoms with Gasteiger partial charge in [-0.2, -0.15) is 0 Å². The Bertz CT molecular complexity index is 412. The SMILES string of the molecule is [B]C(=O)c1ccc2c(c1)COC(C)(C)O2. The van der Waals surface area contributed by atoms with Crippen LogP contribution in [0, 0.1) is 0 Å². The van der Waals surface area contributed by atoms with Crippen LogP contribution in [0.3, 0.4) is 0 Å². The number of carbonyl (C=O) groups is 1. The van der Waals surface area contributed by atoms with Gasteiger partial charge in [-0.15, -0.1) is 0 Å². The Labute approximate surface area is 89.8 Å². The first kappa shape index (κ1) is 10.2. The third kappa shape index (κ3) is 2.05. The van der Waals surface area contributed by atoms with E-state index in [4.69, 9.17) is 17.3 Å². The Morgan fingerprint density at radius 2 is 2.20 bits per heavy atom. The van der Waals surface area contributed by atoms with Crippen molar-refractivity contribution in [2.24, 2.45) is 0 Å². The molecule has 0 bridgehead atoms. The van der Waals surface area contributed by atoms with Crippen LogP contribution in [-0.2, 0) is 11.3 Å². The first-order valence-corrected chi connectivity index (χ1v) is 4.74. The van der Waals surface area contributed by atoms with Gasteiger partial charge in [0.15, 0.2) is 7.85 Å². The average molecular weight is 202 g/mol. The Morgan fingerprint density at radius 3 is 2.87 bits per heavy atom. The number of hydrogen-bond donors (Lipinski definition) is 0. The van der Waals surface area contributed by atoms with Gasteiger partial charge in [-0.25, -0.2) is 0 Å². The minimum absolute atomic E-state index is 0.434. The minimum atomic E-state index is -0.610. The molecule has 1 aromatic rings. The molecule has 0 unspecified atom stereocenters. The first-order chi connectivity index (χ1) is 6.98. The van der Waals surface area contributed by atoms with Gasteiger partial charge in [0, 0.05) is 25.0 Å². The van der Waals surface area contributed by atoms with Crippen LogP contribution < -0.4 is 4.74 Å². The molecule has 0 saturated heterocycles. The topological polar surface area (TPSA) is 35.5 Å². The molecule has 1 aliphatic heterocycles. The van der Waals surface area contributed by atoms with Crippen molar-refractivity contribution in [3.8, 4) is 5.75 Å². The highest BCUT2D eigenvalue weighted by Gasteiger charge is 2.27. The van der Waals surface area contributed by atoms with Gasteiger partial charge in [0.2, 0.25) is 5.79 Å². The molecular formula is C11H11BO3. The lowest BCUT2D eigenvalue weighted by Gasteiger charge is -2.32. The van der Waals surface area contributed by atoms with Crippen LogP contribution in [0.25, 0.3) is 0 Å². The summed E-state index contributed by atoms with van der Waals surface area (Å²) in [5, 5.41) is 0. The maximum atomic E-state index is 11.0. The third-order valence-corrected chi connectivity index (χ3v) is 2.28. The summed E-state index contributed by atoms with van der Waals surface area (Å²) < 4.78 is 11.0. The largest absolute Gasteiger partial charge is 0.463 e. The van der Waals surface area contributed by atoms with Crippen molar-refractivity contribution in [3.05, 3.63) is 29.3 Å². The highest BCUT2D eigenvalue weighted by molar-refractivity contribution is 6.62. The molecule has 0 aromatic heterocycles. The van der Waals surface area contributed by atoms with Crippen molar-refractivity contribution in [2.75, 3.05) is 0 Å². The lowest BCUT2D eigenvalue weighted by atomic mass is 9.93. The van der Waals surface area contributed by atoms with Gasteiger partial charge in [0.05, 0.1) is 6.61 Å². The van der Waals surface area contributed by atoms with Crippen LogP contribution in [0.4, 0.5) is 0 Å². The highest BCUT2D eigenvalue weighted by Crippen LogP contribution is 2.31. The van der Waals surface area contributed by atoms with E-state index in [0.29, 0.717) is 12.2 Å². The predicted molar refractivity (Wildman–Crippen MR) is 56.0 cm³/mol. The van der Waals surface area contributed by atoms with E-state index in [9.17, 15) is 4.79 Å². The summed E-state index contributed by atoms with van der Waals surface area (Å²) in [4.78, 5) is 11.0. The molecule has 4 heteroatoms. The Balaban J connectivity index is 2.36. The molecule has 0 aliphatic carbocycles. The summed E-state index contributed by atoms with van der Waals surface area (Å²) in [6.07, 6.45) is 0. The molecule has 2 rings (SSSR count). The van der Waals surface area contributed by atoms with Gasteiger partial charge in [0.1, 0.15) is 11.4 Å². The summed E-state index contributed by atoms with van der Waals surface area (Å²) in [6.45, 7) is 4.12. The molecular weight excluding hydrogens is 191 g/mol. The predicted octanol–water partition coefficient (Wildman–Crippen LogP) is 1.64. The van der Waals surface area contributed by atoms with Gasteiger partial charge in [-0.3, -0.25) is 0 Å². The van der Waals surface area contributed by atoms with Crippen LogP contribution in [0.15, 0.2) is 18.2 Å².